The van der Waals surface area contributed by atoms with E-state index in [4.69, 9.17) is 4.74 Å². The molecule has 0 aromatic carbocycles. The van der Waals surface area contributed by atoms with E-state index in [9.17, 15) is 14.9 Å². The van der Waals surface area contributed by atoms with E-state index in [0.29, 0.717) is 0 Å². The molecule has 1 saturated carbocycles. The Bertz CT molecular complexity index is 183. The fourth-order valence-electron chi connectivity index (χ4n) is 1.28. The van der Waals surface area contributed by atoms with Crippen LogP contribution < -0.4 is 0 Å². The lowest BCUT2D eigenvalue weighted by Gasteiger charge is -1.86. The maximum absolute atomic E-state index is 10.7. The number of methoxy groups -OCH3 is 1. The summed E-state index contributed by atoms with van der Waals surface area (Å²) in [5.74, 6) is -0.687. The van der Waals surface area contributed by atoms with Crippen LogP contribution in [-0.4, -0.2) is 30.0 Å². The maximum atomic E-state index is 10.7. The van der Waals surface area contributed by atoms with E-state index in [1.807, 2.05) is 0 Å². The minimum Gasteiger partial charge on any atom is -0.373 e. The number of carbonyl (C=O) groups is 1. The number of ether oxygens (including phenoxy) is 1. The van der Waals surface area contributed by atoms with Gasteiger partial charge in [0.1, 0.15) is 17.8 Å². The van der Waals surface area contributed by atoms with Crippen molar-refractivity contribution in [3.63, 3.8) is 0 Å². The fraction of sp³-hybridized carbons (Fsp3) is 0.833. The second kappa shape index (κ2) is 2.58. The molecule has 62 valence electrons. The van der Waals surface area contributed by atoms with E-state index in [0.717, 1.165) is 0 Å². The first kappa shape index (κ1) is 8.13. The SMILES string of the molecule is COC1C(C(C)=O)C1[N+](=O)[O-]. The molecule has 1 aliphatic carbocycles. The highest BCUT2D eigenvalue weighted by atomic mass is 16.6. The zero-order valence-electron chi connectivity index (χ0n) is 6.31. The van der Waals surface area contributed by atoms with E-state index in [2.05, 4.69) is 0 Å². The second-order valence-corrected chi connectivity index (χ2v) is 2.61. The summed E-state index contributed by atoms with van der Waals surface area (Å²) in [5, 5.41) is 10.2. The molecule has 0 amide bonds. The van der Waals surface area contributed by atoms with Crippen LogP contribution in [0.4, 0.5) is 0 Å². The van der Waals surface area contributed by atoms with Gasteiger partial charge >= 0.3 is 0 Å². The van der Waals surface area contributed by atoms with Crippen molar-refractivity contribution in [1.82, 2.24) is 0 Å². The third-order valence-corrected chi connectivity index (χ3v) is 1.90. The van der Waals surface area contributed by atoms with Gasteiger partial charge in [0.25, 0.3) is 6.04 Å². The van der Waals surface area contributed by atoms with Crippen LogP contribution in [0.1, 0.15) is 6.92 Å². The lowest BCUT2D eigenvalue weighted by molar-refractivity contribution is -0.501. The number of hydrogen-bond donors (Lipinski definition) is 0. The molecule has 0 N–H and O–H groups in total. The van der Waals surface area contributed by atoms with Gasteiger partial charge in [-0.2, -0.15) is 0 Å². The van der Waals surface area contributed by atoms with Crippen molar-refractivity contribution in [3.8, 4) is 0 Å². The molecule has 3 unspecified atom stereocenters. The van der Waals surface area contributed by atoms with Crippen molar-refractivity contribution in [3.05, 3.63) is 10.1 Å². The Morgan fingerprint density at radius 2 is 2.18 bits per heavy atom. The molecular weight excluding hydrogens is 150 g/mol. The summed E-state index contributed by atoms with van der Waals surface area (Å²) >= 11 is 0. The Kier molecular flexibility index (Phi) is 1.90. The Morgan fingerprint density at radius 1 is 1.64 bits per heavy atom. The normalized spacial score (nSPS) is 34.9. The molecule has 11 heavy (non-hydrogen) atoms. The van der Waals surface area contributed by atoms with Gasteiger partial charge in [0.2, 0.25) is 0 Å². The number of nitrogens with zero attached hydrogens (tertiary/aromatic N) is 1. The van der Waals surface area contributed by atoms with Gasteiger partial charge in [-0.05, 0) is 6.92 Å². The molecule has 0 radical (unpaired) electrons. The smallest absolute Gasteiger partial charge is 0.252 e. The number of rotatable bonds is 3. The molecule has 0 aromatic heterocycles. The molecule has 1 fully saturated rings. The van der Waals surface area contributed by atoms with Crippen LogP contribution in [0.15, 0.2) is 0 Å². The summed E-state index contributed by atoms with van der Waals surface area (Å²) in [5.41, 5.74) is 0. The Morgan fingerprint density at radius 3 is 2.27 bits per heavy atom. The fourth-order valence-corrected chi connectivity index (χ4v) is 1.28. The first-order valence-electron chi connectivity index (χ1n) is 3.26. The highest BCUT2D eigenvalue weighted by Gasteiger charge is 2.64. The average Bonchev–Trinajstić information content (AvgIpc) is 2.59. The first-order chi connectivity index (χ1) is 5.09. The quantitative estimate of drug-likeness (QED) is 0.424. The molecule has 5 heteroatoms. The van der Waals surface area contributed by atoms with E-state index in [1.165, 1.54) is 14.0 Å². The van der Waals surface area contributed by atoms with Crippen molar-refractivity contribution in [2.75, 3.05) is 7.11 Å². The van der Waals surface area contributed by atoms with Crippen molar-refractivity contribution < 1.29 is 14.5 Å². The first-order valence-corrected chi connectivity index (χ1v) is 3.26. The van der Waals surface area contributed by atoms with Gasteiger partial charge in [-0.3, -0.25) is 14.9 Å². The van der Waals surface area contributed by atoms with Gasteiger partial charge in [-0.1, -0.05) is 0 Å². The van der Waals surface area contributed by atoms with Gasteiger partial charge in [0.05, 0.1) is 0 Å². The molecule has 3 atom stereocenters. The van der Waals surface area contributed by atoms with Crippen LogP contribution in [-0.2, 0) is 9.53 Å². The van der Waals surface area contributed by atoms with Crippen LogP contribution in [0.25, 0.3) is 0 Å². The average molecular weight is 159 g/mol. The van der Waals surface area contributed by atoms with Crippen LogP contribution in [0.2, 0.25) is 0 Å². The lowest BCUT2D eigenvalue weighted by Crippen LogP contribution is -2.08. The minimum absolute atomic E-state index is 0.168. The highest BCUT2D eigenvalue weighted by Crippen LogP contribution is 2.36. The zero-order chi connectivity index (χ0) is 8.59. The van der Waals surface area contributed by atoms with Gasteiger partial charge in [-0.15, -0.1) is 0 Å². The summed E-state index contributed by atoms with van der Waals surface area (Å²) < 4.78 is 4.75. The third-order valence-electron chi connectivity index (χ3n) is 1.90. The summed E-state index contributed by atoms with van der Waals surface area (Å²) in [6.07, 6.45) is -0.498. The molecule has 0 aliphatic heterocycles. The number of carbonyl (C=O) groups excluding carboxylic acids is 1. The van der Waals surface area contributed by atoms with Gasteiger partial charge < -0.3 is 4.74 Å². The molecule has 1 rings (SSSR count). The van der Waals surface area contributed by atoms with Crippen molar-refractivity contribution in [1.29, 1.82) is 0 Å². The summed E-state index contributed by atoms with van der Waals surface area (Å²) in [6, 6.07) is -0.808. The molecule has 1 aliphatic rings. The minimum atomic E-state index is -0.808. The molecule has 0 spiro atoms. The van der Waals surface area contributed by atoms with Gasteiger partial charge in [-0.25, -0.2) is 0 Å². The highest BCUT2D eigenvalue weighted by molar-refractivity contribution is 5.83. The monoisotopic (exact) mass is 159 g/mol. The zero-order valence-corrected chi connectivity index (χ0v) is 6.31. The lowest BCUT2D eigenvalue weighted by atomic mass is 10.3. The van der Waals surface area contributed by atoms with Gasteiger partial charge in [0.15, 0.2) is 0 Å². The van der Waals surface area contributed by atoms with Crippen LogP contribution in [0.3, 0.4) is 0 Å². The maximum Gasteiger partial charge on any atom is 0.252 e. The van der Waals surface area contributed by atoms with E-state index >= 15 is 0 Å². The van der Waals surface area contributed by atoms with E-state index < -0.39 is 23.0 Å². The molecule has 0 bridgehead atoms. The molecule has 0 aromatic rings. The Hall–Kier alpha value is -0.970. The standard InChI is InChI=1S/C6H9NO4/c1-3(8)4-5(7(9)10)6(4)11-2/h4-6H,1-2H3. The third kappa shape index (κ3) is 1.23. The number of Topliss-reactive ketones (excluding diaryl/α,β-unsaturated/α-hetero) is 1. The predicted molar refractivity (Wildman–Crippen MR) is 35.8 cm³/mol. The van der Waals surface area contributed by atoms with E-state index in [1.54, 1.807) is 0 Å². The molecule has 0 heterocycles. The number of nitro groups is 1. The number of hydrogen-bond acceptors (Lipinski definition) is 4. The van der Waals surface area contributed by atoms with E-state index in [-0.39, 0.29) is 5.78 Å². The number of ketones is 1. The van der Waals surface area contributed by atoms with Gasteiger partial charge in [0, 0.05) is 12.0 Å². The van der Waals surface area contributed by atoms with Crippen LogP contribution >= 0.6 is 0 Å². The molecule has 5 nitrogen and oxygen atoms in total. The van der Waals surface area contributed by atoms with Crippen molar-refractivity contribution in [2.45, 2.75) is 19.1 Å². The van der Waals surface area contributed by atoms with Crippen molar-refractivity contribution >= 4 is 5.78 Å². The summed E-state index contributed by atoms with van der Waals surface area (Å²) in [7, 11) is 1.38. The summed E-state index contributed by atoms with van der Waals surface area (Å²) in [4.78, 5) is 20.5. The Labute approximate surface area is 63.5 Å². The predicted octanol–water partition coefficient (Wildman–Crippen LogP) is -0.134. The van der Waals surface area contributed by atoms with Crippen LogP contribution in [0.5, 0.6) is 0 Å². The second-order valence-electron chi connectivity index (χ2n) is 2.61. The van der Waals surface area contributed by atoms with Crippen molar-refractivity contribution in [2.24, 2.45) is 5.92 Å². The largest absolute Gasteiger partial charge is 0.373 e. The molecule has 0 saturated heterocycles. The van der Waals surface area contributed by atoms with Crippen LogP contribution in [0, 0.1) is 16.0 Å². The summed E-state index contributed by atoms with van der Waals surface area (Å²) in [6.45, 7) is 1.35. The topological polar surface area (TPSA) is 69.4 Å². The molecular formula is C6H9NO4. The Balaban J connectivity index is 2.59.